The van der Waals surface area contributed by atoms with E-state index in [1.165, 1.54) is 18.2 Å². The molecule has 0 spiro atoms. The van der Waals surface area contributed by atoms with Crippen LogP contribution in [0.2, 0.25) is 0 Å². The van der Waals surface area contributed by atoms with E-state index in [4.69, 9.17) is 4.74 Å². The van der Waals surface area contributed by atoms with Gasteiger partial charge in [0.05, 0.1) is 34.6 Å². The van der Waals surface area contributed by atoms with Crippen molar-refractivity contribution in [2.75, 3.05) is 33.8 Å². The number of benzene rings is 2. The number of para-hydroxylation sites is 1. The van der Waals surface area contributed by atoms with Gasteiger partial charge in [0.15, 0.2) is 0 Å². The first-order valence-corrected chi connectivity index (χ1v) is 12.9. The molecule has 0 unspecified atom stereocenters. The fraction of sp³-hybridized carbons (Fsp3) is 0.391. The molecule has 1 aromatic heterocycles. The van der Waals surface area contributed by atoms with E-state index in [2.05, 4.69) is 20.6 Å². The molecule has 1 saturated heterocycles. The number of fused-ring (bicyclic) bond motifs is 5. The number of rotatable bonds is 1. The molecule has 1 fully saturated rings. The van der Waals surface area contributed by atoms with Gasteiger partial charge in [-0.1, -0.05) is 12.1 Å². The van der Waals surface area contributed by atoms with Crippen molar-refractivity contribution in [1.29, 1.82) is 0 Å². The number of nitrogens with zero attached hydrogens (tertiary/aromatic N) is 3. The molecule has 13 heteroatoms. The van der Waals surface area contributed by atoms with Gasteiger partial charge in [0.2, 0.25) is 16.0 Å². The molecule has 3 aromatic rings. The number of halogens is 4. The number of ether oxygens (including phenoxy) is 1. The number of alkyl halides is 3. The van der Waals surface area contributed by atoms with E-state index in [9.17, 15) is 21.6 Å². The van der Waals surface area contributed by atoms with Gasteiger partial charge < -0.3 is 15.4 Å². The third-order valence-corrected chi connectivity index (χ3v) is 8.01. The van der Waals surface area contributed by atoms with Crippen LogP contribution in [0, 0.1) is 5.82 Å². The number of anilines is 3. The van der Waals surface area contributed by atoms with Gasteiger partial charge in [-0.15, -0.1) is 0 Å². The Morgan fingerprint density at radius 1 is 1.14 bits per heavy atom. The van der Waals surface area contributed by atoms with Crippen molar-refractivity contribution in [2.24, 2.45) is 0 Å². The normalized spacial score (nSPS) is 21.7. The van der Waals surface area contributed by atoms with E-state index in [1.807, 2.05) is 0 Å². The fourth-order valence-electron chi connectivity index (χ4n) is 4.45. The Morgan fingerprint density at radius 2 is 1.92 bits per heavy atom. The Bertz CT molecular complexity index is 1450. The second-order valence-electron chi connectivity index (χ2n) is 8.90. The summed E-state index contributed by atoms with van der Waals surface area (Å²) in [4.78, 5) is 8.83. The summed E-state index contributed by atoms with van der Waals surface area (Å²) < 4.78 is 87.9. The molecular formula is C23H23F4N5O3S. The highest BCUT2D eigenvalue weighted by atomic mass is 32.2. The molecule has 0 saturated carbocycles. The fourth-order valence-corrected chi connectivity index (χ4v) is 6.01. The van der Waals surface area contributed by atoms with Crippen LogP contribution in [-0.2, 0) is 16.2 Å². The van der Waals surface area contributed by atoms with Gasteiger partial charge in [-0.25, -0.2) is 17.8 Å². The van der Waals surface area contributed by atoms with Crippen LogP contribution < -0.4 is 19.7 Å². The third kappa shape index (κ3) is 4.36. The van der Waals surface area contributed by atoms with Gasteiger partial charge in [0, 0.05) is 23.6 Å². The molecule has 2 aliphatic heterocycles. The van der Waals surface area contributed by atoms with E-state index in [1.54, 1.807) is 13.8 Å². The van der Waals surface area contributed by atoms with E-state index < -0.39 is 39.7 Å². The molecule has 5 rings (SSSR count). The molecule has 3 heterocycles. The maximum atomic E-state index is 15.1. The molecule has 2 aliphatic rings. The van der Waals surface area contributed by atoms with Crippen LogP contribution in [-0.4, -0.2) is 43.3 Å². The van der Waals surface area contributed by atoms with Crippen molar-refractivity contribution in [3.63, 3.8) is 0 Å². The van der Waals surface area contributed by atoms with Crippen molar-refractivity contribution in [3.05, 3.63) is 47.3 Å². The Kier molecular flexibility index (Phi) is 5.85. The molecular weight excluding hydrogens is 502 g/mol. The predicted molar refractivity (Wildman–Crippen MR) is 127 cm³/mol. The minimum atomic E-state index is -4.63. The summed E-state index contributed by atoms with van der Waals surface area (Å²) in [6, 6.07) is 5.10. The standard InChI is InChI=1S/C23H23F4N5O3S/c1-12-11-35-20-14(5-3-6-16(20)23(25,26)27)13(2)29-21-15-9-19(32-7-4-8-36(32,33)34)17(24)10-18(15)30-22(28-12)31-21/h3,5-6,9-10,12-13H,4,7-8,11H2,1-2H3,(H2,28,29,30,31)/t12-,13-/m1/s1. The zero-order valence-corrected chi connectivity index (χ0v) is 20.2. The first kappa shape index (κ1) is 24.3. The van der Waals surface area contributed by atoms with Crippen LogP contribution in [0.25, 0.3) is 10.9 Å². The monoisotopic (exact) mass is 525 g/mol. The number of hydrogen-bond acceptors (Lipinski definition) is 7. The van der Waals surface area contributed by atoms with Crippen LogP contribution in [0.1, 0.15) is 37.4 Å². The minimum Gasteiger partial charge on any atom is -0.490 e. The Balaban J connectivity index is 1.67. The zero-order valence-electron chi connectivity index (χ0n) is 19.4. The van der Waals surface area contributed by atoms with E-state index >= 15 is 4.39 Å². The average Bonchev–Trinajstić information content (AvgIpc) is 3.14. The largest absolute Gasteiger partial charge is 0.490 e. The van der Waals surface area contributed by atoms with Crippen LogP contribution in [0.4, 0.5) is 35.0 Å². The molecule has 2 N–H and O–H groups in total. The maximum absolute atomic E-state index is 15.1. The van der Waals surface area contributed by atoms with Gasteiger partial charge in [-0.2, -0.15) is 18.2 Å². The summed E-state index contributed by atoms with van der Waals surface area (Å²) in [5, 5.41) is 6.41. The summed E-state index contributed by atoms with van der Waals surface area (Å²) in [6.45, 7) is 3.39. The lowest BCUT2D eigenvalue weighted by molar-refractivity contribution is -0.139. The minimum absolute atomic E-state index is 0.0812. The van der Waals surface area contributed by atoms with Crippen LogP contribution in [0.15, 0.2) is 30.3 Å². The van der Waals surface area contributed by atoms with Gasteiger partial charge in [-0.05, 0) is 32.4 Å². The summed E-state index contributed by atoms with van der Waals surface area (Å²) in [5.74, 6) is -0.790. The van der Waals surface area contributed by atoms with Crippen molar-refractivity contribution in [2.45, 2.75) is 38.5 Å². The van der Waals surface area contributed by atoms with Crippen molar-refractivity contribution < 1.29 is 30.7 Å². The van der Waals surface area contributed by atoms with Gasteiger partial charge in [0.25, 0.3) is 0 Å². The Hall–Kier alpha value is -3.35. The number of hydrogen-bond donors (Lipinski definition) is 2. The smallest absolute Gasteiger partial charge is 0.419 e. The van der Waals surface area contributed by atoms with E-state index in [0.29, 0.717) is 11.8 Å². The zero-order chi connectivity index (χ0) is 25.8. The summed E-state index contributed by atoms with van der Waals surface area (Å²) in [6.07, 6.45) is -4.25. The first-order valence-electron chi connectivity index (χ1n) is 11.3. The van der Waals surface area contributed by atoms with Crippen LogP contribution in [0.5, 0.6) is 5.75 Å². The van der Waals surface area contributed by atoms with Gasteiger partial charge in [-0.3, -0.25) is 4.31 Å². The SMILES string of the molecule is C[C@@H]1COc2c(cccc2C(F)(F)F)[C@@H](C)Nc2nc(nc3cc(F)c(N4CCCS4(=O)=O)cc23)N1. The molecule has 36 heavy (non-hydrogen) atoms. The highest BCUT2D eigenvalue weighted by Crippen LogP contribution is 2.42. The molecule has 192 valence electrons. The molecule has 0 radical (unpaired) electrons. The lowest BCUT2D eigenvalue weighted by Gasteiger charge is -2.23. The van der Waals surface area contributed by atoms with Crippen LogP contribution in [0.3, 0.4) is 0 Å². The quantitative estimate of drug-likeness (QED) is 0.445. The second-order valence-corrected chi connectivity index (χ2v) is 10.9. The van der Waals surface area contributed by atoms with Gasteiger partial charge in [0.1, 0.15) is 24.0 Å². The number of aromatic nitrogens is 2. The van der Waals surface area contributed by atoms with Crippen molar-refractivity contribution in [1.82, 2.24) is 9.97 Å². The molecule has 8 nitrogen and oxygen atoms in total. The molecule has 2 atom stereocenters. The summed E-state index contributed by atoms with van der Waals surface area (Å²) in [5.41, 5.74) is -0.555. The molecule has 2 aromatic carbocycles. The Morgan fingerprint density at radius 3 is 2.61 bits per heavy atom. The lowest BCUT2D eigenvalue weighted by Crippen LogP contribution is -2.26. The van der Waals surface area contributed by atoms with Gasteiger partial charge >= 0.3 is 6.18 Å². The third-order valence-electron chi connectivity index (χ3n) is 6.16. The van der Waals surface area contributed by atoms with E-state index in [-0.39, 0.29) is 53.2 Å². The van der Waals surface area contributed by atoms with Crippen molar-refractivity contribution in [3.8, 4) is 5.75 Å². The van der Waals surface area contributed by atoms with Crippen molar-refractivity contribution >= 4 is 38.4 Å². The number of nitrogens with one attached hydrogen (secondary N) is 2. The van der Waals surface area contributed by atoms with E-state index in [0.717, 1.165) is 16.4 Å². The highest BCUT2D eigenvalue weighted by molar-refractivity contribution is 7.93. The highest BCUT2D eigenvalue weighted by Gasteiger charge is 2.37. The lowest BCUT2D eigenvalue weighted by atomic mass is 10.0. The number of sulfonamides is 1. The first-order chi connectivity index (χ1) is 16.9. The molecule has 0 aliphatic carbocycles. The Labute approximate surface area is 204 Å². The van der Waals surface area contributed by atoms with Crippen LogP contribution >= 0.6 is 0 Å². The topological polar surface area (TPSA) is 96.4 Å². The second kappa shape index (κ2) is 8.64. The summed E-state index contributed by atoms with van der Waals surface area (Å²) in [7, 11) is -3.65. The molecule has 0 amide bonds. The predicted octanol–water partition coefficient (Wildman–Crippen LogP) is 4.69. The average molecular weight is 526 g/mol. The summed E-state index contributed by atoms with van der Waals surface area (Å²) >= 11 is 0. The molecule has 2 bridgehead atoms. The maximum Gasteiger partial charge on any atom is 0.419 e.